The van der Waals surface area contributed by atoms with Crippen LogP contribution < -0.4 is 14.8 Å². The number of benzene rings is 1. The van der Waals surface area contributed by atoms with Gasteiger partial charge < -0.3 is 14.8 Å². The monoisotopic (exact) mass is 293 g/mol. The summed E-state index contributed by atoms with van der Waals surface area (Å²) in [5, 5.41) is 2.80. The van der Waals surface area contributed by atoms with Gasteiger partial charge in [-0.3, -0.25) is 9.59 Å². The summed E-state index contributed by atoms with van der Waals surface area (Å²) in [6.45, 7) is 5.80. The summed E-state index contributed by atoms with van der Waals surface area (Å²) in [5.74, 6) is 0.626. The van der Waals surface area contributed by atoms with Crippen LogP contribution in [-0.4, -0.2) is 31.4 Å². The summed E-state index contributed by atoms with van der Waals surface area (Å²) in [6, 6.07) is 4.94. The summed E-state index contributed by atoms with van der Waals surface area (Å²) in [6.07, 6.45) is 1.27. The lowest BCUT2D eigenvalue weighted by Crippen LogP contribution is -2.37. The Morgan fingerprint density at radius 2 is 2.05 bits per heavy atom. The summed E-state index contributed by atoms with van der Waals surface area (Å²) in [4.78, 5) is 23.5. The van der Waals surface area contributed by atoms with Gasteiger partial charge in [-0.15, -0.1) is 0 Å². The molecule has 1 atom stereocenters. The van der Waals surface area contributed by atoms with Crippen molar-refractivity contribution in [3.8, 4) is 11.5 Å². The second-order valence-corrected chi connectivity index (χ2v) is 4.82. The van der Waals surface area contributed by atoms with Gasteiger partial charge in [-0.25, -0.2) is 0 Å². The molecule has 1 aromatic carbocycles. The standard InChI is InChI=1S/C16H23NO4/c1-5-6-9-17-16(19)12(3)21-15-10-13(20-4)7-8-14(15)11(2)18/h7-8,10,12H,5-6,9H2,1-4H3,(H,17,19). The Kier molecular flexibility index (Phi) is 6.72. The number of hydrogen-bond acceptors (Lipinski definition) is 4. The lowest BCUT2D eigenvalue weighted by atomic mass is 10.1. The Bertz CT molecular complexity index is 499. The minimum absolute atomic E-state index is 0.119. The van der Waals surface area contributed by atoms with Gasteiger partial charge in [0.05, 0.1) is 12.7 Å². The average Bonchev–Trinajstić information content (AvgIpc) is 2.46. The predicted octanol–water partition coefficient (Wildman–Crippen LogP) is 2.58. The molecule has 0 radical (unpaired) electrons. The average molecular weight is 293 g/mol. The number of hydrogen-bond donors (Lipinski definition) is 1. The number of ether oxygens (including phenoxy) is 2. The lowest BCUT2D eigenvalue weighted by Gasteiger charge is -2.17. The minimum atomic E-state index is -0.674. The molecule has 0 fully saturated rings. The van der Waals surface area contributed by atoms with E-state index in [1.165, 1.54) is 14.0 Å². The molecule has 0 aliphatic carbocycles. The first kappa shape index (κ1) is 17.0. The van der Waals surface area contributed by atoms with Crippen LogP contribution in [0.5, 0.6) is 11.5 Å². The zero-order valence-corrected chi connectivity index (χ0v) is 13.1. The number of methoxy groups -OCH3 is 1. The Labute approximate surface area is 125 Å². The van der Waals surface area contributed by atoms with Crippen molar-refractivity contribution in [1.82, 2.24) is 5.32 Å². The van der Waals surface area contributed by atoms with Gasteiger partial charge in [0.15, 0.2) is 11.9 Å². The second kappa shape index (κ2) is 8.29. The maximum absolute atomic E-state index is 11.9. The fourth-order valence-electron chi connectivity index (χ4n) is 1.79. The lowest BCUT2D eigenvalue weighted by molar-refractivity contribution is -0.127. The van der Waals surface area contributed by atoms with Crippen LogP contribution in [0.4, 0.5) is 0 Å². The van der Waals surface area contributed by atoms with Crippen LogP contribution >= 0.6 is 0 Å². The highest BCUT2D eigenvalue weighted by atomic mass is 16.5. The van der Waals surface area contributed by atoms with E-state index in [4.69, 9.17) is 9.47 Å². The highest BCUT2D eigenvalue weighted by Gasteiger charge is 2.18. The van der Waals surface area contributed by atoms with E-state index >= 15 is 0 Å². The Morgan fingerprint density at radius 3 is 2.62 bits per heavy atom. The molecule has 0 aliphatic heterocycles. The molecule has 0 saturated carbocycles. The number of amides is 1. The van der Waals surface area contributed by atoms with Gasteiger partial charge in [-0.2, -0.15) is 0 Å². The van der Waals surface area contributed by atoms with Crippen LogP contribution in [0.25, 0.3) is 0 Å². The largest absolute Gasteiger partial charge is 0.497 e. The van der Waals surface area contributed by atoms with E-state index in [-0.39, 0.29) is 11.7 Å². The molecule has 5 heteroatoms. The van der Waals surface area contributed by atoms with Gasteiger partial charge in [0.2, 0.25) is 0 Å². The second-order valence-electron chi connectivity index (χ2n) is 4.82. The number of carbonyl (C=O) groups excluding carboxylic acids is 2. The van der Waals surface area contributed by atoms with Crippen LogP contribution in [-0.2, 0) is 4.79 Å². The number of carbonyl (C=O) groups is 2. The molecule has 5 nitrogen and oxygen atoms in total. The Balaban J connectivity index is 2.80. The van der Waals surface area contributed by atoms with Gasteiger partial charge in [-0.05, 0) is 32.4 Å². The Morgan fingerprint density at radius 1 is 1.33 bits per heavy atom. The van der Waals surface area contributed by atoms with Crippen LogP contribution in [0.3, 0.4) is 0 Å². The molecule has 0 aromatic heterocycles. The minimum Gasteiger partial charge on any atom is -0.497 e. The van der Waals surface area contributed by atoms with Gasteiger partial charge >= 0.3 is 0 Å². The normalized spacial score (nSPS) is 11.6. The molecule has 0 bridgehead atoms. The highest BCUT2D eigenvalue weighted by molar-refractivity contribution is 5.97. The quantitative estimate of drug-likeness (QED) is 0.591. The van der Waals surface area contributed by atoms with Gasteiger partial charge in [0, 0.05) is 12.6 Å². The molecule has 1 aromatic rings. The SMILES string of the molecule is CCCCNC(=O)C(C)Oc1cc(OC)ccc1C(C)=O. The van der Waals surface area contributed by atoms with E-state index in [1.54, 1.807) is 25.1 Å². The smallest absolute Gasteiger partial charge is 0.260 e. The van der Waals surface area contributed by atoms with Crippen LogP contribution in [0.1, 0.15) is 44.0 Å². The van der Waals surface area contributed by atoms with Crippen molar-refractivity contribution in [1.29, 1.82) is 0 Å². The molecule has 0 heterocycles. The summed E-state index contributed by atoms with van der Waals surface area (Å²) in [5.41, 5.74) is 0.434. The summed E-state index contributed by atoms with van der Waals surface area (Å²) < 4.78 is 10.7. The fourth-order valence-corrected chi connectivity index (χ4v) is 1.79. The van der Waals surface area contributed by atoms with Crippen molar-refractivity contribution in [2.75, 3.05) is 13.7 Å². The molecule has 0 spiro atoms. The molecule has 1 rings (SSSR count). The first-order valence-electron chi connectivity index (χ1n) is 7.13. The molecule has 1 unspecified atom stereocenters. The number of nitrogens with one attached hydrogen (secondary N) is 1. The maximum atomic E-state index is 11.9. The molecule has 0 aliphatic rings. The molecule has 116 valence electrons. The molecular weight excluding hydrogens is 270 g/mol. The first-order chi connectivity index (χ1) is 9.99. The van der Waals surface area contributed by atoms with Crippen molar-refractivity contribution >= 4 is 11.7 Å². The maximum Gasteiger partial charge on any atom is 0.260 e. The number of rotatable bonds is 8. The molecule has 1 amide bonds. The molecule has 21 heavy (non-hydrogen) atoms. The fraction of sp³-hybridized carbons (Fsp3) is 0.500. The number of unbranched alkanes of at least 4 members (excludes halogenated alkanes) is 1. The van der Waals surface area contributed by atoms with Crippen molar-refractivity contribution in [3.05, 3.63) is 23.8 Å². The third-order valence-corrected chi connectivity index (χ3v) is 3.07. The van der Waals surface area contributed by atoms with Gasteiger partial charge in [0.1, 0.15) is 11.5 Å². The van der Waals surface area contributed by atoms with Crippen LogP contribution in [0.2, 0.25) is 0 Å². The van der Waals surface area contributed by atoms with Crippen molar-refractivity contribution < 1.29 is 19.1 Å². The number of Topliss-reactive ketones (excluding diaryl/α,β-unsaturated/α-hetero) is 1. The van der Waals surface area contributed by atoms with Crippen LogP contribution in [0, 0.1) is 0 Å². The van der Waals surface area contributed by atoms with E-state index < -0.39 is 6.10 Å². The van der Waals surface area contributed by atoms with E-state index in [1.807, 2.05) is 0 Å². The predicted molar refractivity (Wildman–Crippen MR) is 81.0 cm³/mol. The van der Waals surface area contributed by atoms with Gasteiger partial charge in [-0.1, -0.05) is 13.3 Å². The topological polar surface area (TPSA) is 64.6 Å². The van der Waals surface area contributed by atoms with Gasteiger partial charge in [0.25, 0.3) is 5.91 Å². The first-order valence-corrected chi connectivity index (χ1v) is 7.13. The molecule has 1 N–H and O–H groups in total. The van der Waals surface area contributed by atoms with E-state index in [2.05, 4.69) is 12.2 Å². The van der Waals surface area contributed by atoms with E-state index in [0.29, 0.717) is 23.6 Å². The number of ketones is 1. The zero-order chi connectivity index (χ0) is 15.8. The van der Waals surface area contributed by atoms with Crippen molar-refractivity contribution in [2.24, 2.45) is 0 Å². The van der Waals surface area contributed by atoms with Crippen LogP contribution in [0.15, 0.2) is 18.2 Å². The van der Waals surface area contributed by atoms with Crippen molar-refractivity contribution in [2.45, 2.75) is 39.7 Å². The van der Waals surface area contributed by atoms with E-state index in [0.717, 1.165) is 12.8 Å². The molecule has 0 saturated heterocycles. The molecular formula is C16H23NO4. The highest BCUT2D eigenvalue weighted by Crippen LogP contribution is 2.26. The summed E-state index contributed by atoms with van der Waals surface area (Å²) >= 11 is 0. The van der Waals surface area contributed by atoms with Crippen molar-refractivity contribution in [3.63, 3.8) is 0 Å². The summed E-state index contributed by atoms with van der Waals surface area (Å²) in [7, 11) is 1.54. The Hall–Kier alpha value is -2.04. The third-order valence-electron chi connectivity index (χ3n) is 3.07. The zero-order valence-electron chi connectivity index (χ0n) is 13.1. The third kappa shape index (κ3) is 5.10. The van der Waals surface area contributed by atoms with E-state index in [9.17, 15) is 9.59 Å².